The Labute approximate surface area is 221 Å². The molecule has 0 aliphatic carbocycles. The van der Waals surface area contributed by atoms with Gasteiger partial charge in [0, 0.05) is 85.4 Å². The number of morpholine rings is 2. The molecule has 4 aliphatic rings. The van der Waals surface area contributed by atoms with Crippen LogP contribution in [0.25, 0.3) is 10.8 Å². The summed E-state index contributed by atoms with van der Waals surface area (Å²) >= 11 is 0. The van der Waals surface area contributed by atoms with Gasteiger partial charge < -0.3 is 9.47 Å². The quantitative estimate of drug-likeness (QED) is 0.483. The van der Waals surface area contributed by atoms with Crippen molar-refractivity contribution in [2.24, 2.45) is 0 Å². The SMILES string of the molecule is O=C1c2ccc3c4c(ccc(c24)C(=O)N1CCCN1CCOCC1)C(=O)N(CCCN1CCOCC1)C3=O. The Hall–Kier alpha value is -3.18. The third-order valence-corrected chi connectivity index (χ3v) is 7.98. The Balaban J connectivity index is 1.22. The molecule has 0 bridgehead atoms. The van der Waals surface area contributed by atoms with Crippen molar-refractivity contribution in [2.45, 2.75) is 12.8 Å². The van der Waals surface area contributed by atoms with Crippen molar-refractivity contribution in [1.82, 2.24) is 19.6 Å². The summed E-state index contributed by atoms with van der Waals surface area (Å²) in [6.45, 7) is 8.38. The molecule has 2 saturated heterocycles. The topological polar surface area (TPSA) is 99.7 Å². The van der Waals surface area contributed by atoms with E-state index in [9.17, 15) is 19.2 Å². The first-order valence-electron chi connectivity index (χ1n) is 13.5. The number of imide groups is 2. The molecule has 0 atom stereocenters. The van der Waals surface area contributed by atoms with Crippen molar-refractivity contribution in [1.29, 1.82) is 0 Å². The highest BCUT2D eigenvalue weighted by molar-refractivity contribution is 6.33. The van der Waals surface area contributed by atoms with Crippen molar-refractivity contribution in [3.8, 4) is 0 Å². The fourth-order valence-corrected chi connectivity index (χ4v) is 5.94. The van der Waals surface area contributed by atoms with Crippen LogP contribution in [0.15, 0.2) is 24.3 Å². The molecule has 38 heavy (non-hydrogen) atoms. The van der Waals surface area contributed by atoms with Crippen LogP contribution in [0.1, 0.15) is 54.3 Å². The van der Waals surface area contributed by atoms with Gasteiger partial charge in [0.05, 0.1) is 26.4 Å². The van der Waals surface area contributed by atoms with E-state index in [1.54, 1.807) is 24.3 Å². The molecule has 0 saturated carbocycles. The molecule has 200 valence electrons. The molecule has 0 spiro atoms. The van der Waals surface area contributed by atoms with Crippen LogP contribution in [0, 0.1) is 0 Å². The summed E-state index contributed by atoms with van der Waals surface area (Å²) in [4.78, 5) is 60.8. The lowest BCUT2D eigenvalue weighted by atomic mass is 9.86. The zero-order valence-electron chi connectivity index (χ0n) is 21.4. The Morgan fingerprint density at radius 3 is 1.13 bits per heavy atom. The van der Waals surface area contributed by atoms with Crippen LogP contribution in [-0.4, -0.2) is 122 Å². The van der Waals surface area contributed by atoms with Crippen LogP contribution in [0.3, 0.4) is 0 Å². The molecule has 4 aliphatic heterocycles. The average Bonchev–Trinajstić information content (AvgIpc) is 2.95. The fraction of sp³-hybridized carbons (Fsp3) is 0.500. The Bertz CT molecular complexity index is 1130. The standard InChI is InChI=1S/C28H32N4O6/c33-25-19-3-5-21-24-22(28(36)32(27(21)35)10-2-8-30-13-17-38-18-14-30)6-4-20(23(19)24)26(34)31(25)9-1-7-29-11-15-37-16-12-29/h3-6H,1-2,7-18H2. The Kier molecular flexibility index (Phi) is 6.96. The predicted octanol–water partition coefficient (Wildman–Crippen LogP) is 1.48. The molecule has 6 rings (SSSR count). The van der Waals surface area contributed by atoms with Crippen molar-refractivity contribution in [3.05, 3.63) is 46.5 Å². The zero-order chi connectivity index (χ0) is 26.2. The largest absolute Gasteiger partial charge is 0.379 e. The minimum atomic E-state index is -0.374. The lowest BCUT2D eigenvalue weighted by molar-refractivity contribution is 0.0351. The molecule has 0 radical (unpaired) electrons. The number of hydrogen-bond acceptors (Lipinski definition) is 8. The maximum absolute atomic E-state index is 13.4. The third-order valence-electron chi connectivity index (χ3n) is 7.98. The minimum absolute atomic E-state index is 0.314. The summed E-state index contributed by atoms with van der Waals surface area (Å²) in [7, 11) is 0. The van der Waals surface area contributed by atoms with Gasteiger partial charge in [0.2, 0.25) is 0 Å². The van der Waals surface area contributed by atoms with Crippen LogP contribution in [-0.2, 0) is 9.47 Å². The summed E-state index contributed by atoms with van der Waals surface area (Å²) < 4.78 is 10.8. The summed E-state index contributed by atoms with van der Waals surface area (Å²) in [6.07, 6.45) is 1.34. The molecule has 10 nitrogen and oxygen atoms in total. The van der Waals surface area contributed by atoms with E-state index in [1.165, 1.54) is 9.80 Å². The number of benzene rings is 2. The minimum Gasteiger partial charge on any atom is -0.379 e. The number of carbonyl (C=O) groups excluding carboxylic acids is 4. The van der Waals surface area contributed by atoms with Crippen molar-refractivity contribution in [2.75, 3.05) is 78.8 Å². The Morgan fingerprint density at radius 1 is 0.500 bits per heavy atom. The molecule has 4 heterocycles. The van der Waals surface area contributed by atoms with E-state index in [1.807, 2.05) is 0 Å². The van der Waals surface area contributed by atoms with E-state index in [0.29, 0.717) is 85.4 Å². The number of hydrogen-bond donors (Lipinski definition) is 0. The van der Waals surface area contributed by atoms with Gasteiger partial charge in [-0.3, -0.25) is 38.8 Å². The van der Waals surface area contributed by atoms with Crippen LogP contribution in [0.4, 0.5) is 0 Å². The summed E-state index contributed by atoms with van der Waals surface area (Å²) in [5, 5.41) is 0.850. The number of amides is 4. The number of ether oxygens (including phenoxy) is 2. The smallest absolute Gasteiger partial charge is 0.261 e. The highest BCUT2D eigenvalue weighted by Gasteiger charge is 2.39. The van der Waals surface area contributed by atoms with Crippen LogP contribution in [0.2, 0.25) is 0 Å². The molecule has 2 fully saturated rings. The molecule has 0 aromatic heterocycles. The van der Waals surface area contributed by atoms with Crippen LogP contribution < -0.4 is 0 Å². The second kappa shape index (κ2) is 10.5. The van der Waals surface area contributed by atoms with Gasteiger partial charge in [0.25, 0.3) is 23.6 Å². The van der Waals surface area contributed by atoms with Gasteiger partial charge in [-0.05, 0) is 37.1 Å². The second-order valence-electron chi connectivity index (χ2n) is 10.2. The molecule has 2 aromatic rings. The van der Waals surface area contributed by atoms with E-state index in [0.717, 1.165) is 39.3 Å². The second-order valence-corrected chi connectivity index (χ2v) is 10.2. The average molecular weight is 521 g/mol. The zero-order valence-corrected chi connectivity index (χ0v) is 21.4. The summed E-state index contributed by atoms with van der Waals surface area (Å²) in [6, 6.07) is 6.53. The predicted molar refractivity (Wildman–Crippen MR) is 138 cm³/mol. The van der Waals surface area contributed by atoms with Gasteiger partial charge in [-0.25, -0.2) is 0 Å². The molecule has 4 amide bonds. The van der Waals surface area contributed by atoms with E-state index in [4.69, 9.17) is 9.47 Å². The first kappa shape index (κ1) is 25.1. The number of nitrogens with zero attached hydrogens (tertiary/aromatic N) is 4. The van der Waals surface area contributed by atoms with E-state index in [2.05, 4.69) is 9.80 Å². The van der Waals surface area contributed by atoms with E-state index in [-0.39, 0.29) is 23.6 Å². The van der Waals surface area contributed by atoms with Crippen molar-refractivity contribution < 1.29 is 28.7 Å². The Morgan fingerprint density at radius 2 is 0.816 bits per heavy atom. The number of rotatable bonds is 8. The highest BCUT2D eigenvalue weighted by atomic mass is 16.5. The maximum atomic E-state index is 13.4. The van der Waals surface area contributed by atoms with Gasteiger partial charge in [-0.1, -0.05) is 0 Å². The highest BCUT2D eigenvalue weighted by Crippen LogP contribution is 2.37. The molecular formula is C28H32N4O6. The molecule has 10 heteroatoms. The molecule has 0 unspecified atom stereocenters. The fourth-order valence-electron chi connectivity index (χ4n) is 5.94. The molecular weight excluding hydrogens is 488 g/mol. The van der Waals surface area contributed by atoms with Gasteiger partial charge >= 0.3 is 0 Å². The summed E-state index contributed by atoms with van der Waals surface area (Å²) in [5.74, 6) is -1.50. The molecule has 0 N–H and O–H groups in total. The van der Waals surface area contributed by atoms with Crippen molar-refractivity contribution in [3.63, 3.8) is 0 Å². The normalized spacial score (nSPS) is 20.6. The number of carbonyl (C=O) groups is 4. The summed E-state index contributed by atoms with van der Waals surface area (Å²) in [5.41, 5.74) is 1.47. The lowest BCUT2D eigenvalue weighted by Gasteiger charge is -2.33. The lowest BCUT2D eigenvalue weighted by Crippen LogP contribution is -2.45. The monoisotopic (exact) mass is 520 g/mol. The van der Waals surface area contributed by atoms with Gasteiger partial charge in [-0.15, -0.1) is 0 Å². The molecule has 2 aromatic carbocycles. The maximum Gasteiger partial charge on any atom is 0.261 e. The van der Waals surface area contributed by atoms with Crippen molar-refractivity contribution >= 4 is 34.4 Å². The first-order chi connectivity index (χ1) is 18.5. The van der Waals surface area contributed by atoms with Crippen LogP contribution in [0.5, 0.6) is 0 Å². The first-order valence-corrected chi connectivity index (χ1v) is 13.5. The van der Waals surface area contributed by atoms with Gasteiger partial charge in [-0.2, -0.15) is 0 Å². The third kappa shape index (κ3) is 4.41. The van der Waals surface area contributed by atoms with E-state index < -0.39 is 0 Å². The van der Waals surface area contributed by atoms with Gasteiger partial charge in [0.1, 0.15) is 0 Å². The van der Waals surface area contributed by atoms with Crippen LogP contribution >= 0.6 is 0 Å². The van der Waals surface area contributed by atoms with Gasteiger partial charge in [0.15, 0.2) is 0 Å². The van der Waals surface area contributed by atoms with E-state index >= 15 is 0 Å².